The molecule has 1 rings (SSSR count). The predicted molar refractivity (Wildman–Crippen MR) is 243 cm³/mol. The zero-order chi connectivity index (χ0) is 42.4. The first kappa shape index (κ1) is 55.8. The molecule has 1 aromatic rings. The summed E-state index contributed by atoms with van der Waals surface area (Å²) in [6.45, 7) is 4.60. The number of nitrogens with zero attached hydrogens (tertiary/aromatic N) is 1. The number of nitrogens with two attached hydrogens (primary N) is 2. The van der Waals surface area contributed by atoms with Gasteiger partial charge in [-0.05, 0) is 57.5 Å². The van der Waals surface area contributed by atoms with Gasteiger partial charge in [-0.25, -0.2) is 0 Å². The molecule has 11 nitrogen and oxygen atoms in total. The molecule has 56 heavy (non-hydrogen) atoms. The molecule has 4 amide bonds. The van der Waals surface area contributed by atoms with E-state index in [1.807, 2.05) is 37.3 Å². The monoisotopic (exact) mass is 843 g/mol. The molecule has 1 aromatic carbocycles. The molecule has 4 atom stereocenters. The maximum Gasteiger partial charge on any atom is 0.253 e. The summed E-state index contributed by atoms with van der Waals surface area (Å²) in [6.07, 6.45) is 22.4. The van der Waals surface area contributed by atoms with Crippen LogP contribution in [0.4, 0.5) is 0 Å². The van der Waals surface area contributed by atoms with Crippen LogP contribution in [-0.4, -0.2) is 90.5 Å². The summed E-state index contributed by atoms with van der Waals surface area (Å²) in [5.74, 6) is -1.69. The van der Waals surface area contributed by atoms with E-state index in [1.165, 1.54) is 76.2 Å². The maximum absolute atomic E-state index is 13.9. The lowest BCUT2D eigenvalue weighted by Crippen LogP contribution is -2.55. The lowest BCUT2D eigenvalue weighted by molar-refractivity contribution is -0.138. The molecule has 0 aliphatic carbocycles. The summed E-state index contributed by atoms with van der Waals surface area (Å²) in [4.78, 5) is 65.5. The van der Waals surface area contributed by atoms with E-state index in [0.29, 0.717) is 44.9 Å². The van der Waals surface area contributed by atoms with Gasteiger partial charge in [0.15, 0.2) is 5.37 Å². The minimum atomic E-state index is -1.18. The Balaban J connectivity index is 0. The molecule has 0 saturated heterocycles. The van der Waals surface area contributed by atoms with Gasteiger partial charge >= 0.3 is 0 Å². The van der Waals surface area contributed by atoms with Crippen LogP contribution in [0.25, 0.3) is 0 Å². The van der Waals surface area contributed by atoms with Crippen LogP contribution < -0.4 is 27.4 Å². The number of rotatable bonds is 32. The van der Waals surface area contributed by atoms with Crippen LogP contribution in [0.1, 0.15) is 141 Å². The zero-order valence-electron chi connectivity index (χ0n) is 35.0. The maximum atomic E-state index is 13.9. The smallest absolute Gasteiger partial charge is 0.253 e. The SMILES string of the molecule is CCCCCCCCCCCCCCCC(=O)NC(CCCCN)C(S)C(=O)N(CCCC)C(S)C(=O)NCC(=O)NC(C=O)Cc1ccccc1.CN.CS. The molecule has 324 valence electrons. The van der Waals surface area contributed by atoms with Crippen molar-refractivity contribution < 1.29 is 24.0 Å². The molecule has 0 saturated carbocycles. The number of aldehydes is 1. The standard InChI is InChI=1S/C40H69N5O5S2.CH5N.CH4S/c1-3-5-7-8-9-10-11-12-13-14-15-16-20-26-35(47)44-34(25-21-22-27-41)37(51)39(50)45(28-6-4-2)40(52)38(49)42-30-36(48)43-33(31-46)29-32-23-18-17-19-24-32;2*1-2/h17-19,23-24,31,33-34,37,40,51-52H,3-16,20-22,25-30,41H2,1-2H3,(H,42,49)(H,43,48)(H,44,47);2H2,1H3;2H,1H3. The summed E-state index contributed by atoms with van der Waals surface area (Å²) in [7, 11) is 1.50. The Labute approximate surface area is 356 Å². The fraction of sp³-hybridized carbons (Fsp3) is 0.738. The average Bonchev–Trinajstić information content (AvgIpc) is 3.22. The second-order valence-electron chi connectivity index (χ2n) is 13.9. The van der Waals surface area contributed by atoms with Crippen molar-refractivity contribution in [1.82, 2.24) is 20.9 Å². The van der Waals surface area contributed by atoms with E-state index in [-0.39, 0.29) is 19.0 Å². The van der Waals surface area contributed by atoms with Gasteiger partial charge in [0.25, 0.3) is 5.91 Å². The Morgan fingerprint density at radius 3 is 1.79 bits per heavy atom. The molecule has 0 aliphatic heterocycles. The molecule has 0 fully saturated rings. The van der Waals surface area contributed by atoms with Crippen molar-refractivity contribution in [1.29, 1.82) is 0 Å². The van der Waals surface area contributed by atoms with Gasteiger partial charge in [-0.1, -0.05) is 134 Å². The third-order valence-electron chi connectivity index (χ3n) is 9.25. The van der Waals surface area contributed by atoms with Crippen molar-refractivity contribution in [3.8, 4) is 0 Å². The Morgan fingerprint density at radius 2 is 1.27 bits per heavy atom. The highest BCUT2D eigenvalue weighted by Gasteiger charge is 2.34. The number of unbranched alkanes of at least 4 members (excludes halogenated alkanes) is 14. The lowest BCUT2D eigenvalue weighted by Gasteiger charge is -2.33. The minimum Gasteiger partial charge on any atom is -0.352 e. The highest BCUT2D eigenvalue weighted by atomic mass is 32.1. The number of nitrogens with one attached hydrogen (secondary N) is 3. The predicted octanol–water partition coefficient (Wildman–Crippen LogP) is 6.43. The Hall–Kier alpha value is -2.26. The molecule has 4 unspecified atom stereocenters. The van der Waals surface area contributed by atoms with Crippen molar-refractivity contribution in [3.05, 3.63) is 35.9 Å². The van der Waals surface area contributed by atoms with Crippen molar-refractivity contribution in [2.45, 2.75) is 165 Å². The molecule has 14 heteroatoms. The number of carbonyl (C=O) groups is 5. The highest BCUT2D eigenvalue weighted by Crippen LogP contribution is 2.19. The van der Waals surface area contributed by atoms with Crippen LogP contribution in [0.5, 0.6) is 0 Å². The molecule has 0 radical (unpaired) electrons. The van der Waals surface area contributed by atoms with Crippen molar-refractivity contribution in [3.63, 3.8) is 0 Å². The Morgan fingerprint density at radius 1 is 0.732 bits per heavy atom. The first-order valence-corrected chi connectivity index (χ1v) is 22.9. The molecule has 0 heterocycles. The molecule has 0 aromatic heterocycles. The van der Waals surface area contributed by atoms with Gasteiger partial charge in [-0.15, -0.1) is 12.6 Å². The highest BCUT2D eigenvalue weighted by molar-refractivity contribution is 7.82. The van der Waals surface area contributed by atoms with E-state index in [0.717, 1.165) is 37.7 Å². The first-order valence-electron chi connectivity index (χ1n) is 20.9. The van der Waals surface area contributed by atoms with E-state index in [2.05, 4.69) is 66.5 Å². The molecular weight excluding hydrogens is 765 g/mol. The molecule has 7 N–H and O–H groups in total. The number of amides is 4. The molecule has 0 spiro atoms. The van der Waals surface area contributed by atoms with E-state index in [4.69, 9.17) is 5.73 Å². The first-order chi connectivity index (χ1) is 27.2. The van der Waals surface area contributed by atoms with Gasteiger partial charge in [0, 0.05) is 19.0 Å². The van der Waals surface area contributed by atoms with Gasteiger partial charge < -0.3 is 37.1 Å². The van der Waals surface area contributed by atoms with Gasteiger partial charge in [0.2, 0.25) is 17.7 Å². The van der Waals surface area contributed by atoms with Crippen LogP contribution in [-0.2, 0) is 30.4 Å². The quantitative estimate of drug-likeness (QED) is 0.0179. The van der Waals surface area contributed by atoms with Crippen LogP contribution in [0.2, 0.25) is 0 Å². The summed E-state index contributed by atoms with van der Waals surface area (Å²) >= 11 is 12.7. The second kappa shape index (κ2) is 39.6. The van der Waals surface area contributed by atoms with Gasteiger partial charge in [-0.3, -0.25) is 19.2 Å². The van der Waals surface area contributed by atoms with E-state index < -0.39 is 40.4 Å². The Bertz CT molecular complexity index is 1140. The van der Waals surface area contributed by atoms with Crippen molar-refractivity contribution in [2.24, 2.45) is 11.5 Å². The van der Waals surface area contributed by atoms with Crippen LogP contribution >= 0.6 is 37.9 Å². The van der Waals surface area contributed by atoms with Crippen LogP contribution in [0.15, 0.2) is 30.3 Å². The summed E-state index contributed by atoms with van der Waals surface area (Å²) in [6, 6.07) is 8.00. The largest absolute Gasteiger partial charge is 0.352 e. The molecule has 0 aliphatic rings. The molecular formula is C42H78N6O5S3. The number of benzene rings is 1. The van der Waals surface area contributed by atoms with Gasteiger partial charge in [-0.2, -0.15) is 25.3 Å². The molecule has 0 bridgehead atoms. The third kappa shape index (κ3) is 28.2. The second-order valence-corrected chi connectivity index (χ2v) is 14.9. The van der Waals surface area contributed by atoms with Crippen LogP contribution in [0, 0.1) is 0 Å². The topological polar surface area (TPSA) is 177 Å². The number of hydrogen-bond donors (Lipinski definition) is 8. The number of carbonyl (C=O) groups excluding carboxylic acids is 5. The van der Waals surface area contributed by atoms with E-state index in [9.17, 15) is 24.0 Å². The normalized spacial score (nSPS) is 12.7. The average molecular weight is 843 g/mol. The fourth-order valence-corrected chi connectivity index (χ4v) is 6.78. The zero-order valence-corrected chi connectivity index (χ0v) is 37.7. The summed E-state index contributed by atoms with van der Waals surface area (Å²) in [5.41, 5.74) is 11.1. The van der Waals surface area contributed by atoms with Crippen molar-refractivity contribution in [2.75, 3.05) is 32.9 Å². The van der Waals surface area contributed by atoms with E-state index >= 15 is 0 Å². The van der Waals surface area contributed by atoms with Gasteiger partial charge in [0.05, 0.1) is 12.6 Å². The Kier molecular flexibility index (Phi) is 39.4. The van der Waals surface area contributed by atoms with Gasteiger partial charge in [0.1, 0.15) is 11.5 Å². The summed E-state index contributed by atoms with van der Waals surface area (Å²) < 4.78 is 0. The fourth-order valence-electron chi connectivity index (χ4n) is 6.08. The number of hydrogen-bond acceptors (Lipinski definition) is 10. The van der Waals surface area contributed by atoms with Crippen LogP contribution in [0.3, 0.4) is 0 Å². The third-order valence-corrected chi connectivity index (χ3v) is 10.3. The summed E-state index contributed by atoms with van der Waals surface area (Å²) in [5, 5.41) is 6.13. The lowest BCUT2D eigenvalue weighted by atomic mass is 10.0. The minimum absolute atomic E-state index is 0.111. The van der Waals surface area contributed by atoms with E-state index in [1.54, 1.807) is 6.26 Å². The number of thiol groups is 3. The van der Waals surface area contributed by atoms with Crippen molar-refractivity contribution >= 4 is 67.8 Å².